The average Bonchev–Trinajstić information content (AvgIpc) is 2.35. The Hall–Kier alpha value is -1.49. The van der Waals surface area contributed by atoms with E-state index in [0.717, 1.165) is 37.7 Å². The number of benzene rings is 1. The van der Waals surface area contributed by atoms with E-state index in [4.69, 9.17) is 0 Å². The van der Waals surface area contributed by atoms with Gasteiger partial charge in [-0.3, -0.25) is 4.79 Å². The normalized spacial score (nSPS) is 23.7. The SMILES string of the molecule is C[C@@H]1CNCC[C@H]1NC(=O)c1cc(F)ccc1F. The molecule has 0 unspecified atom stereocenters. The van der Waals surface area contributed by atoms with Crippen LogP contribution in [-0.4, -0.2) is 25.0 Å². The van der Waals surface area contributed by atoms with Gasteiger partial charge in [0.05, 0.1) is 5.56 Å². The number of rotatable bonds is 2. The highest BCUT2D eigenvalue weighted by Gasteiger charge is 2.24. The molecular formula is C13H16F2N2O. The Morgan fingerprint density at radius 3 is 2.94 bits per heavy atom. The molecule has 2 N–H and O–H groups in total. The highest BCUT2D eigenvalue weighted by Crippen LogP contribution is 2.14. The van der Waals surface area contributed by atoms with Crippen LogP contribution in [0.15, 0.2) is 18.2 Å². The number of carbonyl (C=O) groups excluding carboxylic acids is 1. The lowest BCUT2D eigenvalue weighted by molar-refractivity contribution is 0.0909. The molecular weight excluding hydrogens is 238 g/mol. The molecule has 1 amide bonds. The van der Waals surface area contributed by atoms with Crippen molar-refractivity contribution in [1.29, 1.82) is 0 Å². The van der Waals surface area contributed by atoms with Crippen LogP contribution in [0.5, 0.6) is 0 Å². The molecule has 1 aromatic rings. The van der Waals surface area contributed by atoms with Gasteiger partial charge >= 0.3 is 0 Å². The number of halogens is 2. The highest BCUT2D eigenvalue weighted by atomic mass is 19.1. The van der Waals surface area contributed by atoms with Gasteiger partial charge in [-0.2, -0.15) is 0 Å². The summed E-state index contributed by atoms with van der Waals surface area (Å²) in [5.41, 5.74) is -0.235. The molecule has 2 atom stereocenters. The van der Waals surface area contributed by atoms with Crippen molar-refractivity contribution in [2.75, 3.05) is 13.1 Å². The molecule has 2 rings (SSSR count). The molecule has 1 aliphatic rings. The van der Waals surface area contributed by atoms with Gasteiger partial charge in [-0.1, -0.05) is 6.92 Å². The summed E-state index contributed by atoms with van der Waals surface area (Å²) in [6, 6.07) is 2.90. The van der Waals surface area contributed by atoms with E-state index in [1.54, 1.807) is 0 Å². The third-order valence-corrected chi connectivity index (χ3v) is 3.27. The third-order valence-electron chi connectivity index (χ3n) is 3.27. The molecule has 0 radical (unpaired) electrons. The maximum Gasteiger partial charge on any atom is 0.254 e. The molecule has 1 heterocycles. The van der Waals surface area contributed by atoms with Crippen molar-refractivity contribution in [1.82, 2.24) is 10.6 Å². The van der Waals surface area contributed by atoms with E-state index in [1.165, 1.54) is 0 Å². The molecule has 0 saturated carbocycles. The smallest absolute Gasteiger partial charge is 0.254 e. The summed E-state index contributed by atoms with van der Waals surface area (Å²) >= 11 is 0. The minimum Gasteiger partial charge on any atom is -0.349 e. The minimum absolute atomic E-state index is 0.00131. The van der Waals surface area contributed by atoms with Crippen LogP contribution in [-0.2, 0) is 0 Å². The van der Waals surface area contributed by atoms with Crippen molar-refractivity contribution in [2.24, 2.45) is 5.92 Å². The van der Waals surface area contributed by atoms with Crippen LogP contribution in [0.2, 0.25) is 0 Å². The molecule has 0 aliphatic carbocycles. The number of hydrogen-bond donors (Lipinski definition) is 2. The molecule has 1 aromatic carbocycles. The van der Waals surface area contributed by atoms with Crippen molar-refractivity contribution in [2.45, 2.75) is 19.4 Å². The maximum absolute atomic E-state index is 13.4. The molecule has 18 heavy (non-hydrogen) atoms. The predicted molar refractivity (Wildman–Crippen MR) is 64.3 cm³/mol. The van der Waals surface area contributed by atoms with Crippen LogP contribution in [0.25, 0.3) is 0 Å². The molecule has 0 spiro atoms. The number of hydrogen-bond acceptors (Lipinski definition) is 2. The van der Waals surface area contributed by atoms with E-state index >= 15 is 0 Å². The molecule has 1 saturated heterocycles. The van der Waals surface area contributed by atoms with Gasteiger partial charge in [0.2, 0.25) is 0 Å². The van der Waals surface area contributed by atoms with Gasteiger partial charge in [-0.05, 0) is 43.6 Å². The van der Waals surface area contributed by atoms with Gasteiger partial charge < -0.3 is 10.6 Å². The summed E-state index contributed by atoms with van der Waals surface area (Å²) in [6.07, 6.45) is 0.795. The summed E-state index contributed by atoms with van der Waals surface area (Å²) in [7, 11) is 0. The van der Waals surface area contributed by atoms with Crippen molar-refractivity contribution < 1.29 is 13.6 Å². The fourth-order valence-corrected chi connectivity index (χ4v) is 2.15. The summed E-state index contributed by atoms with van der Waals surface area (Å²) < 4.78 is 26.4. The molecule has 5 heteroatoms. The summed E-state index contributed by atoms with van der Waals surface area (Å²) in [6.45, 7) is 3.65. The molecule has 3 nitrogen and oxygen atoms in total. The van der Waals surface area contributed by atoms with E-state index in [9.17, 15) is 13.6 Å². The van der Waals surface area contributed by atoms with Crippen LogP contribution in [0, 0.1) is 17.6 Å². The quantitative estimate of drug-likeness (QED) is 0.843. The molecule has 1 fully saturated rings. The summed E-state index contributed by atoms with van der Waals surface area (Å²) in [5, 5.41) is 5.98. The summed E-state index contributed by atoms with van der Waals surface area (Å²) in [5.74, 6) is -1.58. The van der Waals surface area contributed by atoms with Crippen LogP contribution in [0.3, 0.4) is 0 Å². The van der Waals surface area contributed by atoms with Gasteiger partial charge in [0.1, 0.15) is 11.6 Å². The van der Waals surface area contributed by atoms with Crippen molar-refractivity contribution in [3.8, 4) is 0 Å². The number of amides is 1. The minimum atomic E-state index is -0.699. The zero-order chi connectivity index (χ0) is 13.1. The van der Waals surface area contributed by atoms with E-state index in [1.807, 2.05) is 6.92 Å². The fourth-order valence-electron chi connectivity index (χ4n) is 2.15. The number of carbonyl (C=O) groups is 1. The Balaban J connectivity index is 2.09. The second-order valence-electron chi connectivity index (χ2n) is 4.67. The first kappa shape index (κ1) is 13.0. The molecule has 98 valence electrons. The lowest BCUT2D eigenvalue weighted by atomic mass is 9.95. The number of nitrogens with one attached hydrogen (secondary N) is 2. The van der Waals surface area contributed by atoms with E-state index in [-0.39, 0.29) is 17.5 Å². The van der Waals surface area contributed by atoms with Gasteiger partial charge in [0.25, 0.3) is 5.91 Å². The predicted octanol–water partition coefficient (Wildman–Crippen LogP) is 1.69. The van der Waals surface area contributed by atoms with Gasteiger partial charge in [-0.15, -0.1) is 0 Å². The fraction of sp³-hybridized carbons (Fsp3) is 0.462. The van der Waals surface area contributed by atoms with Gasteiger partial charge in [0, 0.05) is 6.04 Å². The Morgan fingerprint density at radius 1 is 1.44 bits per heavy atom. The Bertz CT molecular complexity index is 451. The van der Waals surface area contributed by atoms with Gasteiger partial charge in [0.15, 0.2) is 0 Å². The lowest BCUT2D eigenvalue weighted by Gasteiger charge is -2.30. The van der Waals surface area contributed by atoms with Crippen molar-refractivity contribution >= 4 is 5.91 Å². The van der Waals surface area contributed by atoms with Crippen LogP contribution in [0.4, 0.5) is 8.78 Å². The van der Waals surface area contributed by atoms with E-state index in [2.05, 4.69) is 10.6 Å². The third kappa shape index (κ3) is 2.85. The van der Waals surface area contributed by atoms with Crippen LogP contribution < -0.4 is 10.6 Å². The zero-order valence-electron chi connectivity index (χ0n) is 10.2. The van der Waals surface area contributed by atoms with Crippen LogP contribution in [0.1, 0.15) is 23.7 Å². The van der Waals surface area contributed by atoms with E-state index in [0.29, 0.717) is 0 Å². The van der Waals surface area contributed by atoms with E-state index < -0.39 is 17.5 Å². The van der Waals surface area contributed by atoms with Crippen molar-refractivity contribution in [3.63, 3.8) is 0 Å². The first-order chi connectivity index (χ1) is 8.58. The Labute approximate surface area is 105 Å². The zero-order valence-corrected chi connectivity index (χ0v) is 10.2. The standard InChI is InChI=1S/C13H16F2N2O/c1-8-7-16-5-4-12(8)17-13(18)10-6-9(14)2-3-11(10)15/h2-3,6,8,12,16H,4-5,7H2,1H3,(H,17,18)/t8-,12-/m1/s1. The summed E-state index contributed by atoms with van der Waals surface area (Å²) in [4.78, 5) is 11.9. The second kappa shape index (κ2) is 5.44. The number of piperidine rings is 1. The van der Waals surface area contributed by atoms with Crippen molar-refractivity contribution in [3.05, 3.63) is 35.4 Å². The average molecular weight is 254 g/mol. The molecule has 0 bridgehead atoms. The lowest BCUT2D eigenvalue weighted by Crippen LogP contribution is -2.48. The first-order valence-corrected chi connectivity index (χ1v) is 6.04. The van der Waals surface area contributed by atoms with Gasteiger partial charge in [-0.25, -0.2) is 8.78 Å². The maximum atomic E-state index is 13.4. The molecule has 0 aromatic heterocycles. The Morgan fingerprint density at radius 2 is 2.22 bits per heavy atom. The topological polar surface area (TPSA) is 41.1 Å². The highest BCUT2D eigenvalue weighted by molar-refractivity contribution is 5.94. The largest absolute Gasteiger partial charge is 0.349 e. The molecule has 1 aliphatic heterocycles. The second-order valence-corrected chi connectivity index (χ2v) is 4.67. The van der Waals surface area contributed by atoms with Crippen LogP contribution >= 0.6 is 0 Å². The first-order valence-electron chi connectivity index (χ1n) is 6.04. The monoisotopic (exact) mass is 254 g/mol. The Kier molecular flexibility index (Phi) is 3.91.